The minimum Gasteiger partial charge on any atom is -0.491 e. The number of H-pyrrole nitrogens is 1. The largest absolute Gasteiger partial charge is 0.491 e. The lowest BCUT2D eigenvalue weighted by Crippen LogP contribution is -2.26. The van der Waals surface area contributed by atoms with Gasteiger partial charge in [0.1, 0.15) is 30.0 Å². The molecule has 0 radical (unpaired) electrons. The van der Waals surface area contributed by atoms with Gasteiger partial charge in [0.15, 0.2) is 5.65 Å². The molecule has 0 saturated heterocycles. The number of aromatic amines is 1. The van der Waals surface area contributed by atoms with E-state index in [1.165, 1.54) is 0 Å². The highest BCUT2D eigenvalue weighted by Crippen LogP contribution is 2.36. The van der Waals surface area contributed by atoms with Crippen LogP contribution in [0.5, 0.6) is 11.8 Å². The predicted molar refractivity (Wildman–Crippen MR) is 160 cm³/mol. The molecule has 0 spiro atoms. The van der Waals surface area contributed by atoms with Crippen LogP contribution in [0, 0.1) is 6.92 Å². The third kappa shape index (κ3) is 4.83. The Balaban J connectivity index is 1.32. The van der Waals surface area contributed by atoms with E-state index in [0.717, 1.165) is 55.9 Å². The van der Waals surface area contributed by atoms with Crippen LogP contribution >= 0.6 is 0 Å². The van der Waals surface area contributed by atoms with Gasteiger partial charge >= 0.3 is 12.1 Å². The van der Waals surface area contributed by atoms with E-state index in [1.54, 1.807) is 6.33 Å². The van der Waals surface area contributed by atoms with Gasteiger partial charge in [0.05, 0.1) is 12.1 Å². The summed E-state index contributed by atoms with van der Waals surface area (Å²) in [7, 11) is 0. The Bertz CT molecular complexity index is 1960. The molecule has 208 valence electrons. The fraction of sp³-hybridized carbons (Fsp3) is 0.156. The second kappa shape index (κ2) is 10.5. The Labute approximate surface area is 241 Å². The van der Waals surface area contributed by atoms with E-state index in [-0.39, 0.29) is 6.01 Å². The topological polar surface area (TPSA) is 132 Å². The molecule has 3 aromatic carbocycles. The van der Waals surface area contributed by atoms with Crippen molar-refractivity contribution in [3.8, 4) is 22.9 Å². The SMILES string of the molecule is Cc1ccc2ncnc(N3CCOc4ccc(-c5cnc6[nH]c(OC(N)=O)nc6c5Cc5ccccc5)cc4C3)c2c1. The van der Waals surface area contributed by atoms with Gasteiger partial charge in [-0.25, -0.2) is 19.7 Å². The van der Waals surface area contributed by atoms with E-state index in [4.69, 9.17) is 15.2 Å². The molecule has 6 aromatic rings. The van der Waals surface area contributed by atoms with Crippen LogP contribution in [0.2, 0.25) is 0 Å². The number of ether oxygens (including phenoxy) is 2. The van der Waals surface area contributed by atoms with Gasteiger partial charge in [-0.2, -0.15) is 4.98 Å². The van der Waals surface area contributed by atoms with E-state index in [9.17, 15) is 4.79 Å². The standard InChI is InChI=1S/C32H27N7O3/c1-19-7-9-26-24(13-19)30(36-18-35-26)39-11-12-41-27-10-8-21(15-22(27)17-39)25-16-34-29-28(37-32(38-29)42-31(33)40)23(25)14-20-5-3-2-4-6-20/h2-10,13,15-16,18H,11-12,14,17H2,1H3,(H2,33,40)(H,34,37,38). The Kier molecular flexibility index (Phi) is 6.35. The van der Waals surface area contributed by atoms with Crippen LogP contribution in [0.3, 0.4) is 0 Å². The number of fused-ring (bicyclic) bond motifs is 3. The number of hydrogen-bond acceptors (Lipinski definition) is 8. The molecule has 0 saturated carbocycles. The monoisotopic (exact) mass is 557 g/mol. The maximum atomic E-state index is 11.4. The van der Waals surface area contributed by atoms with E-state index in [2.05, 4.69) is 67.1 Å². The lowest BCUT2D eigenvalue weighted by atomic mass is 9.94. The number of benzene rings is 3. The molecule has 1 amide bonds. The number of nitrogens with zero attached hydrogens (tertiary/aromatic N) is 5. The Hall–Kier alpha value is -5.51. The number of anilines is 1. The molecule has 3 N–H and O–H groups in total. The summed E-state index contributed by atoms with van der Waals surface area (Å²) >= 11 is 0. The van der Waals surface area contributed by atoms with Gasteiger partial charge in [0.25, 0.3) is 0 Å². The van der Waals surface area contributed by atoms with Crippen LogP contribution in [0.25, 0.3) is 33.2 Å². The maximum absolute atomic E-state index is 11.4. The zero-order valence-electron chi connectivity index (χ0n) is 22.9. The molecule has 0 aliphatic carbocycles. The number of nitrogens with two attached hydrogens (primary N) is 1. The molecule has 0 bridgehead atoms. The molecular weight excluding hydrogens is 530 g/mol. The van der Waals surface area contributed by atoms with Crippen LogP contribution in [-0.4, -0.2) is 44.2 Å². The smallest absolute Gasteiger partial charge is 0.412 e. The quantitative estimate of drug-likeness (QED) is 0.291. The summed E-state index contributed by atoms with van der Waals surface area (Å²) in [4.78, 5) is 34.9. The molecule has 10 heteroatoms. The summed E-state index contributed by atoms with van der Waals surface area (Å²) < 4.78 is 11.2. The summed E-state index contributed by atoms with van der Waals surface area (Å²) in [6.07, 6.45) is 3.10. The number of hydrogen-bond donors (Lipinski definition) is 2. The van der Waals surface area contributed by atoms with Crippen molar-refractivity contribution in [1.82, 2.24) is 24.9 Å². The number of aryl methyl sites for hydroxylation is 1. The molecular formula is C32H27N7O3. The van der Waals surface area contributed by atoms with E-state index in [0.29, 0.717) is 37.3 Å². The number of rotatable bonds is 5. The first kappa shape index (κ1) is 25.5. The van der Waals surface area contributed by atoms with E-state index in [1.807, 2.05) is 42.6 Å². The van der Waals surface area contributed by atoms with Gasteiger partial charge in [-0.15, -0.1) is 0 Å². The maximum Gasteiger partial charge on any atom is 0.412 e. The number of aromatic nitrogens is 5. The van der Waals surface area contributed by atoms with Crippen LogP contribution < -0.4 is 20.1 Å². The van der Waals surface area contributed by atoms with Crippen molar-refractivity contribution in [2.75, 3.05) is 18.1 Å². The average molecular weight is 558 g/mol. The van der Waals surface area contributed by atoms with Crippen molar-refractivity contribution in [1.29, 1.82) is 0 Å². The predicted octanol–water partition coefficient (Wildman–Crippen LogP) is 5.32. The van der Waals surface area contributed by atoms with Crippen LogP contribution in [-0.2, 0) is 13.0 Å². The first-order valence-corrected chi connectivity index (χ1v) is 13.6. The molecule has 0 fully saturated rings. The van der Waals surface area contributed by atoms with Crippen molar-refractivity contribution in [3.05, 3.63) is 102 Å². The first-order valence-electron chi connectivity index (χ1n) is 13.6. The number of primary amides is 1. The third-order valence-electron chi connectivity index (χ3n) is 7.44. The van der Waals surface area contributed by atoms with Crippen LogP contribution in [0.4, 0.5) is 10.6 Å². The zero-order valence-corrected chi connectivity index (χ0v) is 22.9. The molecule has 4 heterocycles. The van der Waals surface area contributed by atoms with Gasteiger partial charge in [-0.05, 0) is 47.9 Å². The average Bonchev–Trinajstić information content (AvgIpc) is 3.27. The molecule has 0 atom stereocenters. The molecule has 1 aliphatic rings. The Morgan fingerprint density at radius 1 is 1.07 bits per heavy atom. The van der Waals surface area contributed by atoms with Crippen molar-refractivity contribution < 1.29 is 14.3 Å². The second-order valence-corrected chi connectivity index (χ2v) is 10.3. The lowest BCUT2D eigenvalue weighted by molar-refractivity contribution is 0.207. The van der Waals surface area contributed by atoms with Crippen molar-refractivity contribution >= 4 is 34.0 Å². The molecule has 7 rings (SSSR count). The highest BCUT2D eigenvalue weighted by Gasteiger charge is 2.22. The van der Waals surface area contributed by atoms with E-state index < -0.39 is 6.09 Å². The number of pyridine rings is 1. The number of imidazole rings is 1. The summed E-state index contributed by atoms with van der Waals surface area (Å²) in [6.45, 7) is 3.91. The van der Waals surface area contributed by atoms with Gasteiger partial charge in [-0.1, -0.05) is 48.0 Å². The lowest BCUT2D eigenvalue weighted by Gasteiger charge is -2.22. The van der Waals surface area contributed by atoms with Gasteiger partial charge in [-0.3, -0.25) is 4.98 Å². The summed E-state index contributed by atoms with van der Waals surface area (Å²) in [5.41, 5.74) is 13.4. The molecule has 3 aromatic heterocycles. The number of amides is 1. The minimum atomic E-state index is -0.944. The fourth-order valence-electron chi connectivity index (χ4n) is 5.50. The minimum absolute atomic E-state index is 0.00902. The molecule has 42 heavy (non-hydrogen) atoms. The van der Waals surface area contributed by atoms with E-state index >= 15 is 0 Å². The van der Waals surface area contributed by atoms with Gasteiger partial charge in [0, 0.05) is 35.7 Å². The number of carbonyl (C=O) groups is 1. The fourth-order valence-corrected chi connectivity index (χ4v) is 5.50. The molecule has 1 aliphatic heterocycles. The molecule has 10 nitrogen and oxygen atoms in total. The zero-order chi connectivity index (χ0) is 28.6. The Morgan fingerprint density at radius 3 is 2.81 bits per heavy atom. The second-order valence-electron chi connectivity index (χ2n) is 10.3. The number of nitrogens with one attached hydrogen (secondary N) is 1. The number of carbonyl (C=O) groups excluding carboxylic acids is 1. The van der Waals surface area contributed by atoms with Crippen molar-refractivity contribution in [2.24, 2.45) is 5.73 Å². The van der Waals surface area contributed by atoms with Gasteiger partial charge in [0.2, 0.25) is 0 Å². The van der Waals surface area contributed by atoms with Crippen LogP contribution in [0.1, 0.15) is 22.3 Å². The summed E-state index contributed by atoms with van der Waals surface area (Å²) in [5, 5.41) is 1.02. The Morgan fingerprint density at radius 2 is 1.95 bits per heavy atom. The van der Waals surface area contributed by atoms with Gasteiger partial charge < -0.3 is 20.1 Å². The van der Waals surface area contributed by atoms with Crippen molar-refractivity contribution in [3.63, 3.8) is 0 Å². The highest BCUT2D eigenvalue weighted by molar-refractivity contribution is 5.90. The highest BCUT2D eigenvalue weighted by atomic mass is 16.6. The van der Waals surface area contributed by atoms with Crippen LogP contribution in [0.15, 0.2) is 79.3 Å². The summed E-state index contributed by atoms with van der Waals surface area (Å²) in [6, 6.07) is 22.6. The van der Waals surface area contributed by atoms with Crippen molar-refractivity contribution in [2.45, 2.75) is 19.9 Å². The third-order valence-corrected chi connectivity index (χ3v) is 7.44. The normalized spacial score (nSPS) is 13.0. The first-order chi connectivity index (χ1) is 20.5. The molecule has 0 unspecified atom stereocenters. The summed E-state index contributed by atoms with van der Waals surface area (Å²) in [5.74, 6) is 1.73.